The van der Waals surface area contributed by atoms with E-state index >= 15 is 0 Å². The van der Waals surface area contributed by atoms with Crippen LogP contribution in [0.1, 0.15) is 10.5 Å². The molecule has 3 aromatic rings. The average Bonchev–Trinajstić information content (AvgIpc) is 2.98. The standard InChI is InChI=1S/C16H11F2N3O/c17-11-6-4-10(5-7-11)14-9-15(21-20-14)16(22)19-13-3-1-2-12(18)8-13/h1-9H,(H,19,22)(H,20,21). The smallest absolute Gasteiger partial charge is 0.273 e. The van der Waals surface area contributed by atoms with Crippen molar-refractivity contribution in [3.8, 4) is 11.3 Å². The minimum absolute atomic E-state index is 0.226. The van der Waals surface area contributed by atoms with Gasteiger partial charge in [-0.1, -0.05) is 6.07 Å². The quantitative estimate of drug-likeness (QED) is 0.776. The second kappa shape index (κ2) is 5.77. The first-order valence-corrected chi connectivity index (χ1v) is 6.50. The van der Waals surface area contributed by atoms with Crippen molar-refractivity contribution >= 4 is 11.6 Å². The van der Waals surface area contributed by atoms with E-state index in [2.05, 4.69) is 15.5 Å². The zero-order chi connectivity index (χ0) is 15.5. The lowest BCUT2D eigenvalue weighted by Gasteiger charge is -2.02. The van der Waals surface area contributed by atoms with Crippen LogP contribution in [0.25, 0.3) is 11.3 Å². The SMILES string of the molecule is O=C(Nc1cccc(F)c1)c1cc(-c2ccc(F)cc2)n[nH]1. The molecule has 0 atom stereocenters. The van der Waals surface area contributed by atoms with Crippen molar-refractivity contribution in [1.82, 2.24) is 10.2 Å². The Morgan fingerprint density at radius 2 is 1.77 bits per heavy atom. The predicted molar refractivity (Wildman–Crippen MR) is 78.3 cm³/mol. The monoisotopic (exact) mass is 299 g/mol. The van der Waals surface area contributed by atoms with E-state index in [-0.39, 0.29) is 11.5 Å². The zero-order valence-electron chi connectivity index (χ0n) is 11.3. The van der Waals surface area contributed by atoms with Crippen LogP contribution in [0.4, 0.5) is 14.5 Å². The Hall–Kier alpha value is -3.02. The first-order valence-electron chi connectivity index (χ1n) is 6.50. The molecule has 0 radical (unpaired) electrons. The van der Waals surface area contributed by atoms with Crippen molar-refractivity contribution in [2.45, 2.75) is 0 Å². The minimum atomic E-state index is -0.438. The molecule has 0 aliphatic rings. The fraction of sp³-hybridized carbons (Fsp3) is 0. The molecule has 1 heterocycles. The molecular weight excluding hydrogens is 288 g/mol. The zero-order valence-corrected chi connectivity index (χ0v) is 11.3. The fourth-order valence-corrected chi connectivity index (χ4v) is 1.97. The molecule has 22 heavy (non-hydrogen) atoms. The second-order valence-corrected chi connectivity index (χ2v) is 4.64. The molecule has 0 fully saturated rings. The molecule has 2 N–H and O–H groups in total. The Morgan fingerprint density at radius 1 is 1.00 bits per heavy atom. The van der Waals surface area contributed by atoms with Gasteiger partial charge in [-0.05, 0) is 48.5 Å². The van der Waals surface area contributed by atoms with Gasteiger partial charge in [0, 0.05) is 11.3 Å². The highest BCUT2D eigenvalue weighted by Gasteiger charge is 2.11. The third-order valence-corrected chi connectivity index (χ3v) is 3.04. The molecule has 6 heteroatoms. The number of hydrogen-bond donors (Lipinski definition) is 2. The third kappa shape index (κ3) is 3.01. The number of nitrogens with one attached hydrogen (secondary N) is 2. The number of nitrogens with zero attached hydrogens (tertiary/aromatic N) is 1. The van der Waals surface area contributed by atoms with Gasteiger partial charge < -0.3 is 5.32 Å². The molecule has 2 aromatic carbocycles. The van der Waals surface area contributed by atoms with Crippen LogP contribution in [-0.4, -0.2) is 16.1 Å². The van der Waals surface area contributed by atoms with Gasteiger partial charge in [0.2, 0.25) is 0 Å². The lowest BCUT2D eigenvalue weighted by Crippen LogP contribution is -2.12. The largest absolute Gasteiger partial charge is 0.321 e. The molecule has 4 nitrogen and oxygen atoms in total. The van der Waals surface area contributed by atoms with Gasteiger partial charge in [0.25, 0.3) is 5.91 Å². The van der Waals surface area contributed by atoms with Gasteiger partial charge in [0.1, 0.15) is 17.3 Å². The van der Waals surface area contributed by atoms with E-state index in [1.165, 1.54) is 30.3 Å². The van der Waals surface area contributed by atoms with Gasteiger partial charge in [-0.15, -0.1) is 0 Å². The van der Waals surface area contributed by atoms with Crippen molar-refractivity contribution in [3.63, 3.8) is 0 Å². The lowest BCUT2D eigenvalue weighted by molar-refractivity contribution is 0.102. The summed E-state index contributed by atoms with van der Waals surface area (Å²) in [5.41, 5.74) is 1.78. The minimum Gasteiger partial charge on any atom is -0.321 e. The fourth-order valence-electron chi connectivity index (χ4n) is 1.97. The van der Waals surface area contributed by atoms with Crippen molar-refractivity contribution in [3.05, 3.63) is 71.9 Å². The number of aromatic amines is 1. The molecule has 1 amide bonds. The van der Waals surface area contributed by atoms with Crippen LogP contribution < -0.4 is 5.32 Å². The average molecular weight is 299 g/mol. The Bertz CT molecular complexity index is 812. The molecule has 110 valence electrons. The van der Waals surface area contributed by atoms with E-state index in [9.17, 15) is 13.6 Å². The summed E-state index contributed by atoms with van der Waals surface area (Å²) in [5.74, 6) is -1.22. The predicted octanol–water partition coefficient (Wildman–Crippen LogP) is 3.61. The number of rotatable bonds is 3. The number of amides is 1. The number of benzene rings is 2. The number of H-pyrrole nitrogens is 1. The van der Waals surface area contributed by atoms with E-state index < -0.39 is 11.7 Å². The summed E-state index contributed by atoms with van der Waals surface area (Å²) in [6, 6.07) is 12.9. The lowest BCUT2D eigenvalue weighted by atomic mass is 10.1. The van der Waals surface area contributed by atoms with Gasteiger partial charge in [-0.25, -0.2) is 8.78 Å². The summed E-state index contributed by atoms with van der Waals surface area (Å²) < 4.78 is 26.0. The molecule has 0 aliphatic carbocycles. The van der Waals surface area contributed by atoms with E-state index in [1.54, 1.807) is 24.3 Å². The summed E-state index contributed by atoms with van der Waals surface area (Å²) >= 11 is 0. The van der Waals surface area contributed by atoms with Crippen LogP contribution in [0.3, 0.4) is 0 Å². The van der Waals surface area contributed by atoms with Crippen LogP contribution >= 0.6 is 0 Å². The maximum Gasteiger partial charge on any atom is 0.273 e. The first kappa shape index (κ1) is 13.9. The molecule has 0 saturated heterocycles. The maximum absolute atomic E-state index is 13.1. The molecule has 0 unspecified atom stereocenters. The number of hydrogen-bond acceptors (Lipinski definition) is 2. The summed E-state index contributed by atoms with van der Waals surface area (Å²) in [6.45, 7) is 0. The Kier molecular flexibility index (Phi) is 3.65. The van der Waals surface area contributed by atoms with E-state index in [1.807, 2.05) is 0 Å². The highest BCUT2D eigenvalue weighted by Crippen LogP contribution is 2.18. The third-order valence-electron chi connectivity index (χ3n) is 3.04. The number of halogens is 2. The molecule has 0 bridgehead atoms. The van der Waals surface area contributed by atoms with E-state index in [4.69, 9.17) is 0 Å². The summed E-state index contributed by atoms with van der Waals surface area (Å²) in [4.78, 5) is 12.1. The summed E-state index contributed by atoms with van der Waals surface area (Å²) in [6.07, 6.45) is 0. The Morgan fingerprint density at radius 3 is 2.50 bits per heavy atom. The van der Waals surface area contributed by atoms with Gasteiger partial charge >= 0.3 is 0 Å². The maximum atomic E-state index is 13.1. The van der Waals surface area contributed by atoms with E-state index in [0.29, 0.717) is 16.9 Å². The van der Waals surface area contributed by atoms with Crippen LogP contribution in [0, 0.1) is 11.6 Å². The number of carbonyl (C=O) groups is 1. The van der Waals surface area contributed by atoms with Gasteiger partial charge in [0.15, 0.2) is 0 Å². The number of aromatic nitrogens is 2. The van der Waals surface area contributed by atoms with Crippen LogP contribution in [0.2, 0.25) is 0 Å². The topological polar surface area (TPSA) is 57.8 Å². The first-order chi connectivity index (χ1) is 10.6. The van der Waals surface area contributed by atoms with Gasteiger partial charge in [-0.2, -0.15) is 5.10 Å². The van der Waals surface area contributed by atoms with Crippen molar-refractivity contribution in [2.75, 3.05) is 5.32 Å². The molecule has 0 saturated carbocycles. The van der Waals surface area contributed by atoms with Crippen molar-refractivity contribution < 1.29 is 13.6 Å². The van der Waals surface area contributed by atoms with Crippen LogP contribution in [-0.2, 0) is 0 Å². The highest BCUT2D eigenvalue weighted by molar-refractivity contribution is 6.03. The number of anilines is 1. The van der Waals surface area contributed by atoms with Crippen molar-refractivity contribution in [2.24, 2.45) is 0 Å². The van der Waals surface area contributed by atoms with E-state index in [0.717, 1.165) is 0 Å². The molecule has 1 aromatic heterocycles. The highest BCUT2D eigenvalue weighted by atomic mass is 19.1. The van der Waals surface area contributed by atoms with Crippen LogP contribution in [0.5, 0.6) is 0 Å². The Balaban J connectivity index is 1.78. The van der Waals surface area contributed by atoms with Gasteiger partial charge in [0.05, 0.1) is 5.69 Å². The summed E-state index contributed by atoms with van der Waals surface area (Å²) in [7, 11) is 0. The van der Waals surface area contributed by atoms with Gasteiger partial charge in [-0.3, -0.25) is 9.89 Å². The van der Waals surface area contributed by atoms with Crippen molar-refractivity contribution in [1.29, 1.82) is 0 Å². The normalized spacial score (nSPS) is 10.5. The van der Waals surface area contributed by atoms with Crippen LogP contribution in [0.15, 0.2) is 54.6 Å². The molecule has 3 rings (SSSR count). The number of carbonyl (C=O) groups excluding carboxylic acids is 1. The Labute approximate surface area is 124 Å². The molecule has 0 spiro atoms. The summed E-state index contributed by atoms with van der Waals surface area (Å²) in [5, 5.41) is 9.18. The molecule has 0 aliphatic heterocycles. The second-order valence-electron chi connectivity index (χ2n) is 4.64. The molecular formula is C16H11F2N3O.